The van der Waals surface area contributed by atoms with Gasteiger partial charge in [0.15, 0.2) is 0 Å². The third-order valence-corrected chi connectivity index (χ3v) is 2.15. The van der Waals surface area contributed by atoms with Crippen LogP contribution in [0.4, 0.5) is 0 Å². The molecular formula is C10H21ClN2O3. The summed E-state index contributed by atoms with van der Waals surface area (Å²) in [7, 11) is 1.29. The van der Waals surface area contributed by atoms with Crippen LogP contribution in [0.25, 0.3) is 0 Å². The molecule has 0 fully saturated rings. The largest absolute Gasteiger partial charge is 0.467 e. The third-order valence-electron chi connectivity index (χ3n) is 2.15. The highest BCUT2D eigenvalue weighted by Crippen LogP contribution is 1.98. The van der Waals surface area contributed by atoms with Gasteiger partial charge in [-0.3, -0.25) is 4.79 Å². The first-order valence-corrected chi connectivity index (χ1v) is 5.20. The zero-order valence-electron chi connectivity index (χ0n) is 9.99. The molecule has 2 unspecified atom stereocenters. The summed E-state index contributed by atoms with van der Waals surface area (Å²) in [6, 6.07) is -1.14. The first kappa shape index (κ1) is 17.6. The van der Waals surface area contributed by atoms with Crippen molar-refractivity contribution < 1.29 is 14.3 Å². The van der Waals surface area contributed by atoms with E-state index >= 15 is 0 Å². The second kappa shape index (κ2) is 9.42. The van der Waals surface area contributed by atoms with Crippen LogP contribution in [-0.2, 0) is 14.3 Å². The van der Waals surface area contributed by atoms with Gasteiger partial charge in [0.2, 0.25) is 5.91 Å². The van der Waals surface area contributed by atoms with E-state index < -0.39 is 18.1 Å². The lowest BCUT2D eigenvalue weighted by Crippen LogP contribution is -2.48. The quantitative estimate of drug-likeness (QED) is 0.679. The normalized spacial score (nSPS) is 13.2. The minimum atomic E-state index is -0.592. The first-order chi connectivity index (χ1) is 7.06. The highest BCUT2D eigenvalue weighted by Gasteiger charge is 2.21. The number of hydrogen-bond acceptors (Lipinski definition) is 4. The molecule has 0 aromatic carbocycles. The van der Waals surface area contributed by atoms with Crippen molar-refractivity contribution >= 4 is 24.3 Å². The number of methoxy groups -OCH3 is 1. The molecule has 0 aliphatic rings. The summed E-state index contributed by atoms with van der Waals surface area (Å²) in [4.78, 5) is 22.7. The standard InChI is InChI=1S/C10H20N2O3.ClH/c1-4-6-7(11)9(13)12-8(5-2)10(14)15-3;/h7-8H,4-6,11H2,1-3H3,(H,12,13);1H. The molecule has 5 nitrogen and oxygen atoms in total. The maximum Gasteiger partial charge on any atom is 0.328 e. The highest BCUT2D eigenvalue weighted by atomic mass is 35.5. The molecule has 0 saturated carbocycles. The van der Waals surface area contributed by atoms with Crippen LogP contribution >= 0.6 is 12.4 Å². The van der Waals surface area contributed by atoms with Gasteiger partial charge >= 0.3 is 5.97 Å². The van der Waals surface area contributed by atoms with Crippen molar-refractivity contribution in [3.63, 3.8) is 0 Å². The van der Waals surface area contributed by atoms with Crippen LogP contribution in [0.15, 0.2) is 0 Å². The molecule has 3 N–H and O–H groups in total. The van der Waals surface area contributed by atoms with Gasteiger partial charge in [-0.15, -0.1) is 12.4 Å². The summed E-state index contributed by atoms with van der Waals surface area (Å²) in [5, 5.41) is 2.56. The van der Waals surface area contributed by atoms with Crippen molar-refractivity contribution in [2.45, 2.75) is 45.2 Å². The number of nitrogens with one attached hydrogen (secondary N) is 1. The zero-order valence-corrected chi connectivity index (χ0v) is 10.8. The van der Waals surface area contributed by atoms with E-state index in [-0.39, 0.29) is 18.3 Å². The Bertz CT molecular complexity index is 224. The average Bonchev–Trinajstić information content (AvgIpc) is 2.24. The number of ether oxygens (including phenoxy) is 1. The van der Waals surface area contributed by atoms with E-state index in [0.29, 0.717) is 12.8 Å². The number of nitrogens with two attached hydrogens (primary N) is 1. The van der Waals surface area contributed by atoms with Gasteiger partial charge in [-0.1, -0.05) is 20.3 Å². The maximum absolute atomic E-state index is 11.5. The second-order valence-electron chi connectivity index (χ2n) is 3.39. The molecule has 0 aliphatic carbocycles. The van der Waals surface area contributed by atoms with Crippen molar-refractivity contribution in [1.29, 1.82) is 0 Å². The summed E-state index contributed by atoms with van der Waals surface area (Å²) in [5.74, 6) is -0.733. The SMILES string of the molecule is CCCC(N)C(=O)NC(CC)C(=O)OC.Cl. The number of halogens is 1. The monoisotopic (exact) mass is 252 g/mol. The van der Waals surface area contributed by atoms with E-state index in [0.717, 1.165) is 6.42 Å². The van der Waals surface area contributed by atoms with Crippen molar-refractivity contribution in [3.05, 3.63) is 0 Å². The molecule has 16 heavy (non-hydrogen) atoms. The van der Waals surface area contributed by atoms with Gasteiger partial charge in [0, 0.05) is 0 Å². The fourth-order valence-corrected chi connectivity index (χ4v) is 1.19. The smallest absolute Gasteiger partial charge is 0.328 e. The molecule has 0 radical (unpaired) electrons. The van der Waals surface area contributed by atoms with Crippen molar-refractivity contribution in [2.75, 3.05) is 7.11 Å². The van der Waals surface area contributed by atoms with Gasteiger partial charge in [-0.2, -0.15) is 0 Å². The summed E-state index contributed by atoms with van der Waals surface area (Å²) in [6.07, 6.45) is 1.95. The van der Waals surface area contributed by atoms with Gasteiger partial charge in [0.1, 0.15) is 6.04 Å². The Morgan fingerprint density at radius 2 is 1.94 bits per heavy atom. The van der Waals surface area contributed by atoms with E-state index in [4.69, 9.17) is 5.73 Å². The zero-order chi connectivity index (χ0) is 11.8. The maximum atomic E-state index is 11.5. The molecule has 0 heterocycles. The number of amides is 1. The molecule has 96 valence electrons. The van der Waals surface area contributed by atoms with E-state index in [1.165, 1.54) is 7.11 Å². The van der Waals surface area contributed by atoms with Crippen LogP contribution in [-0.4, -0.2) is 31.1 Å². The molecule has 0 bridgehead atoms. The van der Waals surface area contributed by atoms with E-state index in [1.807, 2.05) is 6.92 Å². The molecule has 0 aliphatic heterocycles. The molecule has 0 aromatic rings. The van der Waals surface area contributed by atoms with Crippen LogP contribution in [0.1, 0.15) is 33.1 Å². The number of carbonyl (C=O) groups is 2. The summed E-state index contributed by atoms with van der Waals surface area (Å²) < 4.78 is 4.55. The molecule has 0 spiro atoms. The number of hydrogen-bond donors (Lipinski definition) is 2. The summed E-state index contributed by atoms with van der Waals surface area (Å²) >= 11 is 0. The highest BCUT2D eigenvalue weighted by molar-refractivity contribution is 5.87. The van der Waals surface area contributed by atoms with Crippen LogP contribution in [0, 0.1) is 0 Å². The fourth-order valence-electron chi connectivity index (χ4n) is 1.19. The van der Waals surface area contributed by atoms with Gasteiger partial charge in [-0.25, -0.2) is 4.79 Å². The lowest BCUT2D eigenvalue weighted by Gasteiger charge is -2.17. The predicted octanol–water partition coefficient (Wildman–Crippen LogP) is 0.603. The van der Waals surface area contributed by atoms with Crippen molar-refractivity contribution in [3.8, 4) is 0 Å². The number of carbonyl (C=O) groups excluding carboxylic acids is 2. The molecule has 2 atom stereocenters. The van der Waals surface area contributed by atoms with E-state index in [9.17, 15) is 9.59 Å². The predicted molar refractivity (Wildman–Crippen MR) is 64.4 cm³/mol. The Kier molecular flexibility index (Phi) is 10.3. The van der Waals surface area contributed by atoms with Crippen molar-refractivity contribution in [1.82, 2.24) is 5.32 Å². The average molecular weight is 253 g/mol. The van der Waals surface area contributed by atoms with Gasteiger partial charge in [-0.05, 0) is 12.8 Å². The molecular weight excluding hydrogens is 232 g/mol. The lowest BCUT2D eigenvalue weighted by molar-refractivity contribution is -0.145. The molecule has 0 rings (SSSR count). The Balaban J connectivity index is 0. The van der Waals surface area contributed by atoms with Gasteiger partial charge in [0.05, 0.1) is 13.2 Å². The van der Waals surface area contributed by atoms with Crippen molar-refractivity contribution in [2.24, 2.45) is 5.73 Å². The lowest BCUT2D eigenvalue weighted by atomic mass is 10.1. The number of rotatable bonds is 6. The summed E-state index contributed by atoms with van der Waals surface area (Å²) in [5.41, 5.74) is 5.61. The Hall–Kier alpha value is -0.810. The summed E-state index contributed by atoms with van der Waals surface area (Å²) in [6.45, 7) is 3.75. The van der Waals surface area contributed by atoms with E-state index in [2.05, 4.69) is 10.1 Å². The molecule has 6 heteroatoms. The second-order valence-corrected chi connectivity index (χ2v) is 3.39. The Labute approximate surface area is 103 Å². The topological polar surface area (TPSA) is 81.4 Å². The van der Waals surface area contributed by atoms with Crippen LogP contribution in [0.3, 0.4) is 0 Å². The minimum absolute atomic E-state index is 0. The molecule has 1 amide bonds. The fraction of sp³-hybridized carbons (Fsp3) is 0.800. The number of esters is 1. The minimum Gasteiger partial charge on any atom is -0.467 e. The third kappa shape index (κ3) is 5.92. The van der Waals surface area contributed by atoms with Crippen LogP contribution in [0.5, 0.6) is 0 Å². The van der Waals surface area contributed by atoms with Crippen LogP contribution in [0.2, 0.25) is 0 Å². The molecule has 0 aromatic heterocycles. The van der Waals surface area contributed by atoms with E-state index in [1.54, 1.807) is 6.92 Å². The van der Waals surface area contributed by atoms with Gasteiger partial charge < -0.3 is 15.8 Å². The Morgan fingerprint density at radius 1 is 1.38 bits per heavy atom. The first-order valence-electron chi connectivity index (χ1n) is 5.20. The van der Waals surface area contributed by atoms with Crippen LogP contribution < -0.4 is 11.1 Å². The Morgan fingerprint density at radius 3 is 2.31 bits per heavy atom. The molecule has 0 saturated heterocycles. The van der Waals surface area contributed by atoms with Gasteiger partial charge in [0.25, 0.3) is 0 Å².